The lowest BCUT2D eigenvalue weighted by molar-refractivity contribution is 0.602. The van der Waals surface area contributed by atoms with Crippen LogP contribution in [0, 0.1) is 0 Å². The van der Waals surface area contributed by atoms with E-state index in [1.165, 1.54) is 6.26 Å². The van der Waals surface area contributed by atoms with E-state index in [0.717, 1.165) is 16.9 Å². The number of hydrogen-bond acceptors (Lipinski definition) is 6. The van der Waals surface area contributed by atoms with Gasteiger partial charge in [0, 0.05) is 29.9 Å². The van der Waals surface area contributed by atoms with Gasteiger partial charge in [0.05, 0.1) is 10.6 Å². The molecule has 4 rings (SSSR count). The molecule has 0 bridgehead atoms. The van der Waals surface area contributed by atoms with E-state index in [1.54, 1.807) is 35.1 Å². The van der Waals surface area contributed by atoms with Crippen LogP contribution in [0.3, 0.4) is 0 Å². The smallest absolute Gasteiger partial charge is 0.247 e. The van der Waals surface area contributed by atoms with Crippen molar-refractivity contribution in [3.05, 3.63) is 67.0 Å². The van der Waals surface area contributed by atoms with Gasteiger partial charge in [-0.15, -0.1) is 5.10 Å². The van der Waals surface area contributed by atoms with E-state index in [1.807, 2.05) is 36.4 Å². The van der Waals surface area contributed by atoms with Crippen LogP contribution < -0.4 is 5.32 Å². The standard InChI is InChI=1S/C18H15N5O2S/c1-26(24,25)15-5-2-4-13(12-15)16-6-3-7-17-21-18(22-23(16)17)20-14-8-10-19-11-9-14/h2-12H,1H3,(H,19,20,22). The van der Waals surface area contributed by atoms with E-state index in [-0.39, 0.29) is 4.90 Å². The number of nitrogens with one attached hydrogen (secondary N) is 1. The number of nitrogens with zero attached hydrogens (tertiary/aromatic N) is 4. The van der Waals surface area contributed by atoms with Crippen LogP contribution >= 0.6 is 0 Å². The summed E-state index contributed by atoms with van der Waals surface area (Å²) in [5, 5.41) is 7.63. The lowest BCUT2D eigenvalue weighted by Gasteiger charge is -2.06. The van der Waals surface area contributed by atoms with Crippen molar-refractivity contribution in [1.29, 1.82) is 0 Å². The summed E-state index contributed by atoms with van der Waals surface area (Å²) in [5.74, 6) is 0.447. The maximum Gasteiger partial charge on any atom is 0.247 e. The molecular weight excluding hydrogens is 350 g/mol. The van der Waals surface area contributed by atoms with E-state index in [4.69, 9.17) is 0 Å². The van der Waals surface area contributed by atoms with Crippen molar-refractivity contribution >= 4 is 27.1 Å². The minimum absolute atomic E-state index is 0.266. The van der Waals surface area contributed by atoms with E-state index in [2.05, 4.69) is 20.4 Å². The molecule has 0 aliphatic carbocycles. The highest BCUT2D eigenvalue weighted by Gasteiger charge is 2.12. The molecule has 0 radical (unpaired) electrons. The second-order valence-corrected chi connectivity index (χ2v) is 7.79. The highest BCUT2D eigenvalue weighted by atomic mass is 32.2. The fraction of sp³-hybridized carbons (Fsp3) is 0.0556. The summed E-state index contributed by atoms with van der Waals surface area (Å²) in [6, 6.07) is 16.0. The predicted octanol–water partition coefficient (Wildman–Crippen LogP) is 2.94. The van der Waals surface area contributed by atoms with Crippen molar-refractivity contribution < 1.29 is 8.42 Å². The van der Waals surface area contributed by atoms with Crippen LogP contribution in [0.15, 0.2) is 71.9 Å². The molecule has 0 atom stereocenters. The van der Waals surface area contributed by atoms with Gasteiger partial charge in [0.25, 0.3) is 0 Å². The molecule has 130 valence electrons. The minimum Gasteiger partial charge on any atom is -0.323 e. The van der Waals surface area contributed by atoms with Gasteiger partial charge in [0.2, 0.25) is 5.95 Å². The molecule has 0 amide bonds. The average molecular weight is 365 g/mol. The summed E-state index contributed by atoms with van der Waals surface area (Å²) in [6.45, 7) is 0. The van der Waals surface area contributed by atoms with E-state index in [9.17, 15) is 8.42 Å². The SMILES string of the molecule is CS(=O)(=O)c1cccc(-c2cccc3nc(Nc4ccncc4)nn23)c1. The Morgan fingerprint density at radius 1 is 1.00 bits per heavy atom. The Bertz CT molecular complexity index is 1190. The molecule has 0 aliphatic rings. The monoisotopic (exact) mass is 365 g/mol. The summed E-state index contributed by atoms with van der Waals surface area (Å²) in [6.07, 6.45) is 4.55. The van der Waals surface area contributed by atoms with Crippen molar-refractivity contribution in [1.82, 2.24) is 19.6 Å². The van der Waals surface area contributed by atoms with Crippen LogP contribution in [0.5, 0.6) is 0 Å². The van der Waals surface area contributed by atoms with Gasteiger partial charge in [0.1, 0.15) is 0 Å². The maximum absolute atomic E-state index is 11.8. The minimum atomic E-state index is -3.29. The Balaban J connectivity index is 1.79. The van der Waals surface area contributed by atoms with Crippen LogP contribution in [0.2, 0.25) is 0 Å². The Kier molecular flexibility index (Phi) is 3.89. The number of sulfone groups is 1. The molecule has 0 aliphatic heterocycles. The first-order valence-corrected chi connectivity index (χ1v) is 9.73. The van der Waals surface area contributed by atoms with Gasteiger partial charge >= 0.3 is 0 Å². The topological polar surface area (TPSA) is 89.2 Å². The van der Waals surface area contributed by atoms with Gasteiger partial charge in [-0.25, -0.2) is 12.9 Å². The molecule has 3 aromatic heterocycles. The van der Waals surface area contributed by atoms with Gasteiger partial charge in [0.15, 0.2) is 15.5 Å². The summed E-state index contributed by atoms with van der Waals surface area (Å²) < 4.78 is 25.4. The molecule has 1 aromatic carbocycles. The lowest BCUT2D eigenvalue weighted by Crippen LogP contribution is -1.99. The molecule has 3 heterocycles. The number of hydrogen-bond donors (Lipinski definition) is 1. The third-order valence-electron chi connectivity index (χ3n) is 3.85. The number of benzene rings is 1. The fourth-order valence-electron chi connectivity index (χ4n) is 2.63. The van der Waals surface area contributed by atoms with Gasteiger partial charge in [-0.3, -0.25) is 4.98 Å². The first-order valence-electron chi connectivity index (χ1n) is 7.84. The molecule has 0 saturated carbocycles. The van der Waals surface area contributed by atoms with Crippen LogP contribution in [0.4, 0.5) is 11.6 Å². The third kappa shape index (κ3) is 3.14. The predicted molar refractivity (Wildman–Crippen MR) is 99.1 cm³/mol. The van der Waals surface area contributed by atoms with Crippen molar-refractivity contribution in [2.24, 2.45) is 0 Å². The summed E-state index contributed by atoms with van der Waals surface area (Å²) >= 11 is 0. The Morgan fingerprint density at radius 2 is 1.77 bits per heavy atom. The van der Waals surface area contributed by atoms with Crippen LogP contribution in [-0.4, -0.2) is 34.3 Å². The Hall–Kier alpha value is -3.26. The molecule has 8 heteroatoms. The third-order valence-corrected chi connectivity index (χ3v) is 4.96. The molecule has 0 fully saturated rings. The van der Waals surface area contributed by atoms with Gasteiger partial charge in [-0.05, 0) is 36.4 Å². The Labute approximate surface area is 150 Å². The normalized spacial score (nSPS) is 11.6. The number of fused-ring (bicyclic) bond motifs is 1. The van der Waals surface area contributed by atoms with E-state index < -0.39 is 9.84 Å². The first kappa shape index (κ1) is 16.2. The second-order valence-electron chi connectivity index (χ2n) is 5.78. The first-order chi connectivity index (χ1) is 12.5. The fourth-order valence-corrected chi connectivity index (χ4v) is 3.29. The van der Waals surface area contributed by atoms with E-state index in [0.29, 0.717) is 11.6 Å². The zero-order valence-corrected chi connectivity index (χ0v) is 14.7. The molecular formula is C18H15N5O2S. The summed E-state index contributed by atoms with van der Waals surface area (Å²) in [5.41, 5.74) is 2.99. The maximum atomic E-state index is 11.8. The summed E-state index contributed by atoms with van der Waals surface area (Å²) in [7, 11) is -3.29. The number of anilines is 2. The van der Waals surface area contributed by atoms with Crippen molar-refractivity contribution in [2.75, 3.05) is 11.6 Å². The highest BCUT2D eigenvalue weighted by Crippen LogP contribution is 2.24. The quantitative estimate of drug-likeness (QED) is 0.598. The lowest BCUT2D eigenvalue weighted by atomic mass is 10.1. The molecule has 1 N–H and O–H groups in total. The van der Waals surface area contributed by atoms with Gasteiger partial charge in [-0.1, -0.05) is 18.2 Å². The largest absolute Gasteiger partial charge is 0.323 e. The van der Waals surface area contributed by atoms with Gasteiger partial charge in [-0.2, -0.15) is 4.98 Å². The number of pyridine rings is 2. The molecule has 0 unspecified atom stereocenters. The van der Waals surface area contributed by atoms with Crippen LogP contribution in [0.25, 0.3) is 16.9 Å². The van der Waals surface area contributed by atoms with Crippen LogP contribution in [0.1, 0.15) is 0 Å². The number of rotatable bonds is 4. The van der Waals surface area contributed by atoms with Crippen molar-refractivity contribution in [2.45, 2.75) is 4.90 Å². The molecule has 4 aromatic rings. The summed E-state index contributed by atoms with van der Waals surface area (Å²) in [4.78, 5) is 8.71. The second kappa shape index (κ2) is 6.23. The van der Waals surface area contributed by atoms with Crippen LogP contribution in [-0.2, 0) is 9.84 Å². The molecule has 7 nitrogen and oxygen atoms in total. The Morgan fingerprint density at radius 3 is 2.54 bits per heavy atom. The zero-order chi connectivity index (χ0) is 18.1. The van der Waals surface area contributed by atoms with Crippen molar-refractivity contribution in [3.63, 3.8) is 0 Å². The molecule has 0 spiro atoms. The number of aromatic nitrogens is 4. The zero-order valence-electron chi connectivity index (χ0n) is 13.9. The molecule has 0 saturated heterocycles. The molecule has 26 heavy (non-hydrogen) atoms. The highest BCUT2D eigenvalue weighted by molar-refractivity contribution is 7.90. The van der Waals surface area contributed by atoms with Gasteiger partial charge < -0.3 is 5.32 Å². The van der Waals surface area contributed by atoms with Crippen molar-refractivity contribution in [3.8, 4) is 11.3 Å². The average Bonchev–Trinajstić information content (AvgIpc) is 3.04. The van der Waals surface area contributed by atoms with E-state index >= 15 is 0 Å².